The maximum absolute atomic E-state index is 12.1. The molecule has 2 heterocycles. The van der Waals surface area contributed by atoms with Crippen LogP contribution in [0.1, 0.15) is 34.6 Å². The van der Waals surface area contributed by atoms with E-state index in [4.69, 9.17) is 9.47 Å². The van der Waals surface area contributed by atoms with Crippen molar-refractivity contribution in [1.29, 1.82) is 0 Å². The van der Waals surface area contributed by atoms with Crippen LogP contribution in [0.15, 0.2) is 36.4 Å². The first-order valence-corrected chi connectivity index (χ1v) is 13.0. The van der Waals surface area contributed by atoms with E-state index >= 15 is 0 Å². The highest BCUT2D eigenvalue weighted by atomic mass is 16.6. The van der Waals surface area contributed by atoms with Crippen molar-refractivity contribution in [2.45, 2.75) is 13.8 Å². The minimum Gasteiger partial charge on any atom is -0.450 e. The van der Waals surface area contributed by atoms with Gasteiger partial charge in [-0.05, 0) is 49.2 Å². The van der Waals surface area contributed by atoms with Gasteiger partial charge in [-0.3, -0.25) is 9.59 Å². The van der Waals surface area contributed by atoms with Crippen molar-refractivity contribution in [2.24, 2.45) is 0 Å². The largest absolute Gasteiger partial charge is 0.450 e. The molecule has 0 radical (unpaired) electrons. The second-order valence-corrected chi connectivity index (χ2v) is 9.13. The van der Waals surface area contributed by atoms with Crippen LogP contribution in [0.25, 0.3) is 11.1 Å². The number of rotatable bonds is 7. The topological polar surface area (TPSA) is 99.7 Å². The molecular weight excluding hydrogens is 488 g/mol. The molecule has 0 unspecified atom stereocenters. The van der Waals surface area contributed by atoms with E-state index in [1.54, 1.807) is 35.8 Å². The zero-order valence-electron chi connectivity index (χ0n) is 21.9. The summed E-state index contributed by atoms with van der Waals surface area (Å²) in [5.41, 5.74) is 4.62. The zero-order valence-corrected chi connectivity index (χ0v) is 21.9. The first kappa shape index (κ1) is 27.0. The van der Waals surface area contributed by atoms with Gasteiger partial charge in [0.2, 0.25) is 0 Å². The summed E-state index contributed by atoms with van der Waals surface area (Å²) in [6.45, 7) is 8.63. The highest BCUT2D eigenvalue weighted by molar-refractivity contribution is 5.90. The Morgan fingerprint density at radius 1 is 0.658 bits per heavy atom. The van der Waals surface area contributed by atoms with Crippen molar-refractivity contribution in [2.75, 3.05) is 75.4 Å². The fourth-order valence-corrected chi connectivity index (χ4v) is 4.88. The molecular formula is C28H34N4O6. The molecule has 2 fully saturated rings. The summed E-state index contributed by atoms with van der Waals surface area (Å²) >= 11 is 0. The van der Waals surface area contributed by atoms with Crippen molar-refractivity contribution in [3.05, 3.63) is 47.5 Å². The van der Waals surface area contributed by atoms with Crippen LogP contribution in [0.5, 0.6) is 0 Å². The Labute approximate surface area is 222 Å². The molecule has 0 N–H and O–H groups in total. The van der Waals surface area contributed by atoms with Crippen LogP contribution in [0.2, 0.25) is 0 Å². The minimum atomic E-state index is -0.317. The summed E-state index contributed by atoms with van der Waals surface area (Å²) in [5.74, 6) is 0. The van der Waals surface area contributed by atoms with E-state index in [0.717, 1.165) is 35.1 Å². The van der Waals surface area contributed by atoms with Crippen LogP contribution in [0.4, 0.5) is 21.0 Å². The van der Waals surface area contributed by atoms with Crippen LogP contribution in [0, 0.1) is 0 Å². The van der Waals surface area contributed by atoms with E-state index in [-0.39, 0.29) is 12.2 Å². The lowest BCUT2D eigenvalue weighted by molar-refractivity contribution is 0.104. The van der Waals surface area contributed by atoms with Crippen molar-refractivity contribution < 1.29 is 28.7 Å². The molecule has 2 aromatic rings. The fourth-order valence-electron chi connectivity index (χ4n) is 4.88. The van der Waals surface area contributed by atoms with Crippen LogP contribution in [0.3, 0.4) is 0 Å². The molecule has 38 heavy (non-hydrogen) atoms. The van der Waals surface area contributed by atoms with E-state index in [1.165, 1.54) is 0 Å². The van der Waals surface area contributed by atoms with Gasteiger partial charge in [-0.1, -0.05) is 12.1 Å². The number of hydrogen-bond donors (Lipinski definition) is 0. The molecule has 2 aliphatic heterocycles. The number of anilines is 2. The standard InChI is InChI=1S/C28H34N4O6/c1-3-37-27(35)31-13-9-29(10-14-31)25-17-21(5-7-23(25)19-33)22-6-8-24(20-34)26(18-22)30-11-15-32(16-12-30)28(36)38-4-2/h5-8,17-20H,3-4,9-16H2,1-2H3. The van der Waals surface area contributed by atoms with Crippen molar-refractivity contribution in [3.8, 4) is 11.1 Å². The molecule has 10 nitrogen and oxygen atoms in total. The Morgan fingerprint density at radius 2 is 1.03 bits per heavy atom. The van der Waals surface area contributed by atoms with Gasteiger partial charge in [0.1, 0.15) is 0 Å². The third-order valence-electron chi connectivity index (χ3n) is 6.94. The van der Waals surface area contributed by atoms with Crippen LogP contribution in [-0.4, -0.2) is 100 Å². The third kappa shape index (κ3) is 5.90. The monoisotopic (exact) mass is 522 g/mol. The predicted molar refractivity (Wildman–Crippen MR) is 144 cm³/mol. The molecule has 0 aliphatic carbocycles. The summed E-state index contributed by atoms with van der Waals surface area (Å²) < 4.78 is 10.2. The van der Waals surface area contributed by atoms with Gasteiger partial charge in [0.05, 0.1) is 13.2 Å². The summed E-state index contributed by atoms with van der Waals surface area (Å²) in [7, 11) is 0. The number of hydrogen-bond acceptors (Lipinski definition) is 8. The minimum absolute atomic E-state index is 0.317. The highest BCUT2D eigenvalue weighted by Crippen LogP contribution is 2.32. The lowest BCUT2D eigenvalue weighted by atomic mass is 9.99. The van der Waals surface area contributed by atoms with E-state index in [9.17, 15) is 19.2 Å². The molecule has 0 bridgehead atoms. The molecule has 0 atom stereocenters. The zero-order chi connectivity index (χ0) is 27.1. The van der Waals surface area contributed by atoms with Gasteiger partial charge in [-0.25, -0.2) is 9.59 Å². The molecule has 2 amide bonds. The Bertz CT molecular complexity index is 1080. The van der Waals surface area contributed by atoms with Gasteiger partial charge >= 0.3 is 12.2 Å². The fraction of sp³-hybridized carbons (Fsp3) is 0.429. The molecule has 10 heteroatoms. The maximum atomic E-state index is 12.1. The Kier molecular flexibility index (Phi) is 8.83. The normalized spacial score (nSPS) is 15.7. The molecule has 0 spiro atoms. The van der Waals surface area contributed by atoms with Crippen LogP contribution in [-0.2, 0) is 9.47 Å². The summed E-state index contributed by atoms with van der Waals surface area (Å²) in [6, 6.07) is 11.4. The van der Waals surface area contributed by atoms with E-state index in [0.29, 0.717) is 76.7 Å². The number of benzene rings is 2. The number of aldehydes is 2. The van der Waals surface area contributed by atoms with Crippen molar-refractivity contribution >= 4 is 36.1 Å². The van der Waals surface area contributed by atoms with Gasteiger partial charge in [0, 0.05) is 74.9 Å². The second-order valence-electron chi connectivity index (χ2n) is 9.13. The molecule has 202 valence electrons. The number of carbonyl (C=O) groups excluding carboxylic acids is 4. The van der Waals surface area contributed by atoms with Crippen LogP contribution >= 0.6 is 0 Å². The Balaban J connectivity index is 1.55. The molecule has 4 rings (SSSR count). The Hall–Kier alpha value is -4.08. The van der Waals surface area contributed by atoms with E-state index in [2.05, 4.69) is 9.80 Å². The highest BCUT2D eigenvalue weighted by Gasteiger charge is 2.25. The average Bonchev–Trinajstić information content (AvgIpc) is 2.97. The second kappa shape index (κ2) is 12.4. The van der Waals surface area contributed by atoms with E-state index in [1.807, 2.05) is 24.3 Å². The van der Waals surface area contributed by atoms with Gasteiger partial charge in [-0.2, -0.15) is 0 Å². The number of nitrogens with zero attached hydrogens (tertiary/aromatic N) is 4. The molecule has 0 saturated carbocycles. The van der Waals surface area contributed by atoms with Crippen LogP contribution < -0.4 is 9.80 Å². The van der Waals surface area contributed by atoms with Gasteiger partial charge < -0.3 is 29.1 Å². The number of ether oxygens (including phenoxy) is 2. The van der Waals surface area contributed by atoms with Gasteiger partial charge in [-0.15, -0.1) is 0 Å². The summed E-state index contributed by atoms with van der Waals surface area (Å²) in [6.07, 6.45) is 1.06. The molecule has 2 aromatic carbocycles. The average molecular weight is 523 g/mol. The molecule has 0 aromatic heterocycles. The number of piperazine rings is 2. The van der Waals surface area contributed by atoms with Gasteiger partial charge in [0.15, 0.2) is 12.6 Å². The maximum Gasteiger partial charge on any atom is 0.409 e. The first-order valence-electron chi connectivity index (χ1n) is 13.0. The third-order valence-corrected chi connectivity index (χ3v) is 6.94. The summed E-state index contributed by atoms with van der Waals surface area (Å²) in [4.78, 5) is 55.4. The number of carbonyl (C=O) groups is 4. The Morgan fingerprint density at radius 3 is 1.34 bits per heavy atom. The summed E-state index contributed by atoms with van der Waals surface area (Å²) in [5, 5.41) is 0. The smallest absolute Gasteiger partial charge is 0.409 e. The quantitative estimate of drug-likeness (QED) is 0.509. The predicted octanol–water partition coefficient (Wildman–Crippen LogP) is 3.54. The van der Waals surface area contributed by atoms with Crippen molar-refractivity contribution in [3.63, 3.8) is 0 Å². The first-order chi connectivity index (χ1) is 18.5. The SMILES string of the molecule is CCOC(=O)N1CCN(c2cc(-c3ccc(C=O)c(N4CCN(C(=O)OCC)CC4)c3)ccc2C=O)CC1. The molecule has 2 saturated heterocycles. The lowest BCUT2D eigenvalue weighted by Gasteiger charge is -2.36. The van der Waals surface area contributed by atoms with Crippen molar-refractivity contribution in [1.82, 2.24) is 9.80 Å². The number of amides is 2. The van der Waals surface area contributed by atoms with Gasteiger partial charge in [0.25, 0.3) is 0 Å². The molecule has 2 aliphatic rings. The van der Waals surface area contributed by atoms with E-state index < -0.39 is 0 Å². The lowest BCUT2D eigenvalue weighted by Crippen LogP contribution is -2.49.